The first-order chi connectivity index (χ1) is 12.9. The Morgan fingerprint density at radius 3 is 2.37 bits per heavy atom. The summed E-state index contributed by atoms with van der Waals surface area (Å²) < 4.78 is 1.74. The topological polar surface area (TPSA) is 80.0 Å². The highest BCUT2D eigenvalue weighted by Gasteiger charge is 2.25. The standard InChI is InChI=1S/C17H17Cl2N7O/c1-10-21-15-12(9-20-24(15)2)16(22-10)25-3-5-26(6-4-25)17(27)11-7-13(18)23-14(19)8-11/h7-9H,3-6H2,1-2H3. The largest absolute Gasteiger partial charge is 0.352 e. The Bertz CT molecular complexity index is 1010. The molecule has 0 saturated carbocycles. The number of aromatic nitrogens is 5. The number of piperazine rings is 1. The predicted molar refractivity (Wildman–Crippen MR) is 103 cm³/mol. The van der Waals surface area contributed by atoms with Gasteiger partial charge in [0, 0.05) is 38.8 Å². The molecule has 0 radical (unpaired) electrons. The molecule has 0 aromatic carbocycles. The number of halogens is 2. The van der Waals surface area contributed by atoms with Crippen molar-refractivity contribution < 1.29 is 4.79 Å². The van der Waals surface area contributed by atoms with Gasteiger partial charge in [-0.3, -0.25) is 9.48 Å². The number of fused-ring (bicyclic) bond motifs is 1. The molecule has 1 aliphatic heterocycles. The van der Waals surface area contributed by atoms with Crippen molar-refractivity contribution in [3.05, 3.63) is 40.0 Å². The van der Waals surface area contributed by atoms with Gasteiger partial charge < -0.3 is 9.80 Å². The Kier molecular flexibility index (Phi) is 4.61. The summed E-state index contributed by atoms with van der Waals surface area (Å²) in [6.45, 7) is 4.34. The average molecular weight is 406 g/mol. The van der Waals surface area contributed by atoms with Gasteiger partial charge in [0.25, 0.3) is 5.91 Å². The van der Waals surface area contributed by atoms with Crippen LogP contribution >= 0.6 is 23.2 Å². The van der Waals surface area contributed by atoms with E-state index in [1.807, 2.05) is 14.0 Å². The minimum absolute atomic E-state index is 0.105. The highest BCUT2D eigenvalue weighted by molar-refractivity contribution is 6.33. The Morgan fingerprint density at radius 1 is 1.04 bits per heavy atom. The first-order valence-electron chi connectivity index (χ1n) is 8.46. The predicted octanol–water partition coefficient (Wildman–Crippen LogP) is 2.34. The zero-order valence-electron chi connectivity index (χ0n) is 14.9. The van der Waals surface area contributed by atoms with Crippen molar-refractivity contribution in [2.75, 3.05) is 31.1 Å². The average Bonchev–Trinajstić information content (AvgIpc) is 3.01. The third-order valence-corrected chi connectivity index (χ3v) is 4.95. The lowest BCUT2D eigenvalue weighted by Gasteiger charge is -2.35. The van der Waals surface area contributed by atoms with Crippen LogP contribution in [0.4, 0.5) is 5.82 Å². The molecule has 1 fully saturated rings. The van der Waals surface area contributed by atoms with Gasteiger partial charge in [-0.15, -0.1) is 0 Å². The fraction of sp³-hybridized carbons (Fsp3) is 0.353. The lowest BCUT2D eigenvalue weighted by atomic mass is 10.2. The number of anilines is 1. The van der Waals surface area contributed by atoms with Crippen LogP contribution in [0.1, 0.15) is 16.2 Å². The molecule has 1 saturated heterocycles. The monoisotopic (exact) mass is 405 g/mol. The Labute approximate surface area is 165 Å². The minimum Gasteiger partial charge on any atom is -0.352 e. The molecule has 0 N–H and O–H groups in total. The van der Waals surface area contributed by atoms with Gasteiger partial charge in [-0.25, -0.2) is 15.0 Å². The first-order valence-corrected chi connectivity index (χ1v) is 9.21. The Morgan fingerprint density at radius 2 is 1.70 bits per heavy atom. The highest BCUT2D eigenvalue weighted by Crippen LogP contribution is 2.25. The van der Waals surface area contributed by atoms with E-state index < -0.39 is 0 Å². The van der Waals surface area contributed by atoms with E-state index in [-0.39, 0.29) is 16.2 Å². The molecule has 8 nitrogen and oxygen atoms in total. The zero-order chi connectivity index (χ0) is 19.1. The molecule has 0 spiro atoms. The number of pyridine rings is 1. The van der Waals surface area contributed by atoms with E-state index in [2.05, 4.69) is 25.0 Å². The van der Waals surface area contributed by atoms with Crippen molar-refractivity contribution in [1.29, 1.82) is 0 Å². The second-order valence-electron chi connectivity index (χ2n) is 6.38. The van der Waals surface area contributed by atoms with E-state index in [0.717, 1.165) is 16.9 Å². The smallest absolute Gasteiger partial charge is 0.254 e. The van der Waals surface area contributed by atoms with Crippen molar-refractivity contribution in [3.8, 4) is 0 Å². The van der Waals surface area contributed by atoms with E-state index in [9.17, 15) is 4.79 Å². The van der Waals surface area contributed by atoms with E-state index in [0.29, 0.717) is 37.6 Å². The molecule has 4 rings (SSSR count). The summed E-state index contributed by atoms with van der Waals surface area (Å²) in [5.41, 5.74) is 1.25. The normalized spacial score (nSPS) is 14.8. The maximum absolute atomic E-state index is 12.7. The summed E-state index contributed by atoms with van der Waals surface area (Å²) in [6.07, 6.45) is 1.78. The third kappa shape index (κ3) is 3.42. The number of amides is 1. The highest BCUT2D eigenvalue weighted by atomic mass is 35.5. The number of hydrogen-bond acceptors (Lipinski definition) is 6. The number of nitrogens with zero attached hydrogens (tertiary/aromatic N) is 7. The molecule has 0 unspecified atom stereocenters. The number of rotatable bonds is 2. The van der Waals surface area contributed by atoms with Crippen LogP contribution in [0.15, 0.2) is 18.3 Å². The van der Waals surface area contributed by atoms with Gasteiger partial charge in [-0.2, -0.15) is 5.10 Å². The Hall–Kier alpha value is -2.45. The van der Waals surface area contributed by atoms with Gasteiger partial charge in [0.15, 0.2) is 5.65 Å². The number of hydrogen-bond donors (Lipinski definition) is 0. The Balaban J connectivity index is 1.53. The van der Waals surface area contributed by atoms with E-state index in [1.54, 1.807) is 15.8 Å². The molecular weight excluding hydrogens is 389 g/mol. The molecule has 1 amide bonds. The van der Waals surface area contributed by atoms with Crippen molar-refractivity contribution in [2.45, 2.75) is 6.92 Å². The van der Waals surface area contributed by atoms with Gasteiger partial charge in [-0.05, 0) is 19.1 Å². The van der Waals surface area contributed by atoms with Gasteiger partial charge in [0.05, 0.1) is 11.6 Å². The van der Waals surface area contributed by atoms with Crippen LogP contribution in [0, 0.1) is 6.92 Å². The quantitative estimate of drug-likeness (QED) is 0.608. The van der Waals surface area contributed by atoms with Crippen molar-refractivity contribution in [3.63, 3.8) is 0 Å². The molecule has 0 bridgehead atoms. The van der Waals surface area contributed by atoms with Gasteiger partial charge in [-0.1, -0.05) is 23.2 Å². The molecule has 3 aromatic heterocycles. The molecule has 27 heavy (non-hydrogen) atoms. The van der Waals surface area contributed by atoms with Gasteiger partial charge in [0.2, 0.25) is 0 Å². The van der Waals surface area contributed by atoms with E-state index in [1.165, 1.54) is 12.1 Å². The SMILES string of the molecule is Cc1nc(N2CCN(C(=O)c3cc(Cl)nc(Cl)c3)CC2)c2cnn(C)c2n1. The van der Waals surface area contributed by atoms with Crippen LogP contribution in [0.3, 0.4) is 0 Å². The molecular formula is C17H17Cl2N7O. The second kappa shape index (κ2) is 6.94. The molecule has 1 aliphatic rings. The lowest BCUT2D eigenvalue weighted by Crippen LogP contribution is -2.49. The fourth-order valence-electron chi connectivity index (χ4n) is 3.25. The van der Waals surface area contributed by atoms with Gasteiger partial charge >= 0.3 is 0 Å². The lowest BCUT2D eigenvalue weighted by molar-refractivity contribution is 0.0746. The van der Waals surface area contributed by atoms with Crippen molar-refractivity contribution in [1.82, 2.24) is 29.6 Å². The minimum atomic E-state index is -0.105. The number of aryl methyl sites for hydroxylation is 2. The van der Waals surface area contributed by atoms with Crippen molar-refractivity contribution >= 4 is 46.0 Å². The van der Waals surface area contributed by atoms with Crippen LogP contribution in [0.25, 0.3) is 11.0 Å². The summed E-state index contributed by atoms with van der Waals surface area (Å²) in [6, 6.07) is 3.07. The third-order valence-electron chi connectivity index (χ3n) is 4.56. The maximum atomic E-state index is 12.7. The van der Waals surface area contributed by atoms with Gasteiger partial charge in [0.1, 0.15) is 21.9 Å². The number of carbonyl (C=O) groups excluding carboxylic acids is 1. The molecule has 0 aliphatic carbocycles. The van der Waals surface area contributed by atoms with E-state index >= 15 is 0 Å². The van der Waals surface area contributed by atoms with Crippen LogP contribution in [0.5, 0.6) is 0 Å². The van der Waals surface area contributed by atoms with Crippen molar-refractivity contribution in [2.24, 2.45) is 7.05 Å². The van der Waals surface area contributed by atoms with Crippen LogP contribution < -0.4 is 4.90 Å². The molecule has 10 heteroatoms. The van der Waals surface area contributed by atoms with Crippen LogP contribution in [-0.4, -0.2) is 61.7 Å². The maximum Gasteiger partial charge on any atom is 0.254 e. The second-order valence-corrected chi connectivity index (χ2v) is 7.15. The van der Waals surface area contributed by atoms with Crippen LogP contribution in [-0.2, 0) is 7.05 Å². The number of carbonyl (C=O) groups is 1. The summed E-state index contributed by atoms with van der Waals surface area (Å²) in [5, 5.41) is 5.61. The summed E-state index contributed by atoms with van der Waals surface area (Å²) >= 11 is 11.8. The molecule has 4 heterocycles. The van der Waals surface area contributed by atoms with Crippen LogP contribution in [0.2, 0.25) is 10.3 Å². The molecule has 3 aromatic rings. The molecule has 0 atom stereocenters. The van der Waals surface area contributed by atoms with E-state index in [4.69, 9.17) is 23.2 Å². The summed E-state index contributed by atoms with van der Waals surface area (Å²) in [4.78, 5) is 29.6. The first kappa shape index (κ1) is 17.9. The summed E-state index contributed by atoms with van der Waals surface area (Å²) in [7, 11) is 1.86. The summed E-state index contributed by atoms with van der Waals surface area (Å²) in [5.74, 6) is 1.44. The molecule has 140 valence electrons. The fourth-order valence-corrected chi connectivity index (χ4v) is 3.71. The zero-order valence-corrected chi connectivity index (χ0v) is 16.4.